The van der Waals surface area contributed by atoms with Crippen molar-refractivity contribution in [3.05, 3.63) is 87.5 Å². The molecule has 0 atom stereocenters. The second-order valence-electron chi connectivity index (χ2n) is 7.79. The van der Waals surface area contributed by atoms with E-state index in [4.69, 9.17) is 32.7 Å². The van der Waals surface area contributed by atoms with E-state index in [1.807, 2.05) is 6.92 Å². The third kappa shape index (κ3) is 4.86. The van der Waals surface area contributed by atoms with Crippen molar-refractivity contribution < 1.29 is 23.9 Å². The van der Waals surface area contributed by atoms with Gasteiger partial charge in [-0.05, 0) is 55.0 Å². The number of anilines is 3. The van der Waals surface area contributed by atoms with Crippen LogP contribution in [0.4, 0.5) is 17.1 Å². The van der Waals surface area contributed by atoms with Crippen molar-refractivity contribution in [1.82, 2.24) is 0 Å². The summed E-state index contributed by atoms with van der Waals surface area (Å²) in [6.07, 6.45) is 0. The Balaban J connectivity index is 1.55. The number of nitrogens with one attached hydrogen (secondary N) is 2. The van der Waals surface area contributed by atoms with Crippen LogP contribution in [0.5, 0.6) is 11.5 Å². The lowest BCUT2D eigenvalue weighted by Crippen LogP contribution is -2.32. The summed E-state index contributed by atoms with van der Waals surface area (Å²) in [7, 11) is 3.01. The van der Waals surface area contributed by atoms with E-state index in [2.05, 4.69) is 10.6 Å². The van der Waals surface area contributed by atoms with Crippen LogP contribution >= 0.6 is 23.2 Å². The molecular formula is C26H21Cl2N3O5. The van der Waals surface area contributed by atoms with Gasteiger partial charge in [-0.1, -0.05) is 35.3 Å². The zero-order valence-corrected chi connectivity index (χ0v) is 21.0. The van der Waals surface area contributed by atoms with Gasteiger partial charge in [-0.25, -0.2) is 4.90 Å². The number of hydrogen-bond donors (Lipinski definition) is 2. The number of methoxy groups -OCH3 is 2. The maximum absolute atomic E-state index is 13.1. The molecule has 8 nitrogen and oxygen atoms in total. The Morgan fingerprint density at radius 2 is 1.69 bits per heavy atom. The van der Waals surface area contributed by atoms with Crippen molar-refractivity contribution in [2.24, 2.45) is 0 Å². The summed E-state index contributed by atoms with van der Waals surface area (Å²) in [6, 6.07) is 16.3. The SMILES string of the molecule is COc1ccc(OC)c(NC(=O)c2cccc(NC3=C(Cl)C(=O)N(c4ccc(C)c(Cl)c4)C3=O)c2)c1. The fraction of sp³-hybridized carbons (Fsp3) is 0.115. The van der Waals surface area contributed by atoms with Crippen LogP contribution in [0.2, 0.25) is 5.02 Å². The molecule has 3 amide bonds. The second kappa shape index (κ2) is 10.3. The molecule has 3 aromatic rings. The summed E-state index contributed by atoms with van der Waals surface area (Å²) >= 11 is 12.4. The van der Waals surface area contributed by atoms with Crippen molar-refractivity contribution in [3.8, 4) is 11.5 Å². The molecule has 0 aromatic heterocycles. The van der Waals surface area contributed by atoms with Gasteiger partial charge in [-0.3, -0.25) is 14.4 Å². The molecular weight excluding hydrogens is 505 g/mol. The van der Waals surface area contributed by atoms with Gasteiger partial charge in [0, 0.05) is 22.3 Å². The topological polar surface area (TPSA) is 97.0 Å². The largest absolute Gasteiger partial charge is 0.497 e. The molecule has 0 radical (unpaired) electrons. The van der Waals surface area contributed by atoms with Crippen LogP contribution in [0.3, 0.4) is 0 Å². The second-order valence-corrected chi connectivity index (χ2v) is 8.58. The number of benzene rings is 3. The predicted octanol–water partition coefficient (Wildman–Crippen LogP) is 5.35. The van der Waals surface area contributed by atoms with E-state index in [1.54, 1.807) is 48.5 Å². The number of hydrogen-bond acceptors (Lipinski definition) is 6. The molecule has 0 saturated carbocycles. The van der Waals surface area contributed by atoms with Crippen molar-refractivity contribution >= 4 is 58.0 Å². The molecule has 0 unspecified atom stereocenters. The number of ether oxygens (including phenoxy) is 2. The summed E-state index contributed by atoms with van der Waals surface area (Å²) in [5, 5.41) is 5.80. The van der Waals surface area contributed by atoms with Gasteiger partial charge in [-0.2, -0.15) is 0 Å². The molecule has 0 bridgehead atoms. The van der Waals surface area contributed by atoms with Crippen LogP contribution in [0.1, 0.15) is 15.9 Å². The molecule has 36 heavy (non-hydrogen) atoms. The Bertz CT molecular complexity index is 1420. The third-order valence-corrected chi connectivity index (χ3v) is 6.25. The average Bonchev–Trinajstić information content (AvgIpc) is 3.08. The lowest BCUT2D eigenvalue weighted by Gasteiger charge is -2.16. The highest BCUT2D eigenvalue weighted by atomic mass is 35.5. The molecule has 184 valence electrons. The van der Waals surface area contributed by atoms with Gasteiger partial charge < -0.3 is 20.1 Å². The number of rotatable bonds is 7. The van der Waals surface area contributed by atoms with Crippen molar-refractivity contribution in [1.29, 1.82) is 0 Å². The lowest BCUT2D eigenvalue weighted by atomic mass is 10.1. The maximum Gasteiger partial charge on any atom is 0.283 e. The smallest absolute Gasteiger partial charge is 0.283 e. The van der Waals surface area contributed by atoms with Crippen molar-refractivity contribution in [2.45, 2.75) is 6.92 Å². The number of imide groups is 1. The standard InChI is InChI=1S/C26H21Cl2N3O5/c1-14-7-8-17(12-19(14)27)31-25(33)22(28)23(26(31)34)29-16-6-4-5-15(11-16)24(32)30-20-13-18(35-2)9-10-21(20)36-3/h4-13,29H,1-3H3,(H,30,32). The molecule has 0 fully saturated rings. The highest BCUT2D eigenvalue weighted by Gasteiger charge is 2.39. The highest BCUT2D eigenvalue weighted by molar-refractivity contribution is 6.53. The number of nitrogens with zero attached hydrogens (tertiary/aromatic N) is 1. The molecule has 3 aromatic carbocycles. The molecule has 4 rings (SSSR count). The van der Waals surface area contributed by atoms with E-state index in [1.165, 1.54) is 26.4 Å². The molecule has 10 heteroatoms. The van der Waals surface area contributed by atoms with Crippen LogP contribution in [0.15, 0.2) is 71.4 Å². The fourth-order valence-corrected chi connectivity index (χ4v) is 3.94. The first-order chi connectivity index (χ1) is 17.2. The van der Waals surface area contributed by atoms with Crippen LogP contribution in [0.25, 0.3) is 0 Å². The Hall–Kier alpha value is -4.01. The van der Waals surface area contributed by atoms with E-state index < -0.39 is 17.7 Å². The highest BCUT2D eigenvalue weighted by Crippen LogP contribution is 2.33. The van der Waals surface area contributed by atoms with E-state index in [-0.39, 0.29) is 10.7 Å². The quantitative estimate of drug-likeness (QED) is 0.403. The Labute approximate surface area is 217 Å². The van der Waals surface area contributed by atoms with E-state index in [9.17, 15) is 14.4 Å². The first kappa shape index (κ1) is 25.1. The molecule has 2 N–H and O–H groups in total. The Morgan fingerprint density at radius 3 is 2.39 bits per heavy atom. The van der Waals surface area contributed by atoms with Crippen molar-refractivity contribution in [3.63, 3.8) is 0 Å². The maximum atomic E-state index is 13.1. The molecule has 1 aliphatic rings. The zero-order chi connectivity index (χ0) is 26.0. The van der Waals surface area contributed by atoms with Gasteiger partial charge in [-0.15, -0.1) is 0 Å². The van der Waals surface area contributed by atoms with Crippen molar-refractivity contribution in [2.75, 3.05) is 29.8 Å². The fourth-order valence-electron chi connectivity index (χ4n) is 3.56. The number of carbonyl (C=O) groups is 3. The number of halogens is 2. The number of aryl methyl sites for hydroxylation is 1. The Morgan fingerprint density at radius 1 is 0.917 bits per heavy atom. The average molecular weight is 526 g/mol. The van der Waals surface area contributed by atoms with E-state index in [0.717, 1.165) is 10.5 Å². The molecule has 0 aliphatic carbocycles. The lowest BCUT2D eigenvalue weighted by molar-refractivity contribution is -0.120. The molecule has 1 heterocycles. The van der Waals surface area contributed by atoms with Gasteiger partial charge in [0.2, 0.25) is 0 Å². The minimum atomic E-state index is -0.678. The Kier molecular flexibility index (Phi) is 7.19. The summed E-state index contributed by atoms with van der Waals surface area (Å²) in [5.41, 5.74) is 2.11. The van der Waals surface area contributed by atoms with Gasteiger partial charge >= 0.3 is 0 Å². The number of carbonyl (C=O) groups excluding carboxylic acids is 3. The van der Waals surface area contributed by atoms with Crippen LogP contribution < -0.4 is 25.0 Å². The number of amides is 3. The minimum absolute atomic E-state index is 0.106. The minimum Gasteiger partial charge on any atom is -0.497 e. The molecule has 0 spiro atoms. The molecule has 1 aliphatic heterocycles. The van der Waals surface area contributed by atoms with Crippen LogP contribution in [0, 0.1) is 6.92 Å². The van der Waals surface area contributed by atoms with Crippen LogP contribution in [-0.4, -0.2) is 31.9 Å². The monoisotopic (exact) mass is 525 g/mol. The third-order valence-electron chi connectivity index (χ3n) is 5.49. The normalized spacial score (nSPS) is 13.2. The summed E-state index contributed by atoms with van der Waals surface area (Å²) < 4.78 is 10.5. The van der Waals surface area contributed by atoms with Crippen LogP contribution in [-0.2, 0) is 9.59 Å². The first-order valence-corrected chi connectivity index (χ1v) is 11.4. The predicted molar refractivity (Wildman–Crippen MR) is 139 cm³/mol. The molecule has 0 saturated heterocycles. The summed E-state index contributed by atoms with van der Waals surface area (Å²) in [5.74, 6) is -0.729. The van der Waals surface area contributed by atoms with Gasteiger partial charge in [0.1, 0.15) is 22.2 Å². The van der Waals surface area contributed by atoms with Gasteiger partial charge in [0.25, 0.3) is 17.7 Å². The first-order valence-electron chi connectivity index (χ1n) is 10.7. The van der Waals surface area contributed by atoms with E-state index in [0.29, 0.717) is 39.1 Å². The van der Waals surface area contributed by atoms with E-state index >= 15 is 0 Å². The van der Waals surface area contributed by atoms with Gasteiger partial charge in [0.05, 0.1) is 25.6 Å². The van der Waals surface area contributed by atoms with Gasteiger partial charge in [0.15, 0.2) is 0 Å². The zero-order valence-electron chi connectivity index (χ0n) is 19.5. The summed E-state index contributed by atoms with van der Waals surface area (Å²) in [4.78, 5) is 39.7. The summed E-state index contributed by atoms with van der Waals surface area (Å²) in [6.45, 7) is 1.81.